The lowest BCUT2D eigenvalue weighted by molar-refractivity contribution is -0.116. The molecule has 2 aromatic rings. The molecule has 0 aromatic heterocycles. The van der Waals surface area contributed by atoms with Crippen LogP contribution in [0.25, 0.3) is 0 Å². The third-order valence-electron chi connectivity index (χ3n) is 3.32. The van der Waals surface area contributed by atoms with E-state index >= 15 is 0 Å². The fourth-order valence-corrected chi connectivity index (χ4v) is 3.16. The highest BCUT2D eigenvalue weighted by Gasteiger charge is 2.20. The van der Waals surface area contributed by atoms with Gasteiger partial charge in [-0.2, -0.15) is 0 Å². The molecule has 7 heteroatoms. The standard InChI is InChI=1S/C17H19ClN2O3S/c1-12-4-3-5-15(10-12)19-17(21)11-16(20-24(2,22)23)13-6-8-14(18)9-7-13/h3-10,16,20H,11H2,1-2H3,(H,19,21)/t16-/m0/s1. The van der Waals surface area contributed by atoms with E-state index in [2.05, 4.69) is 10.0 Å². The van der Waals surface area contributed by atoms with E-state index in [4.69, 9.17) is 11.6 Å². The number of carbonyl (C=O) groups excluding carboxylic acids is 1. The van der Waals surface area contributed by atoms with Gasteiger partial charge in [-0.25, -0.2) is 13.1 Å². The van der Waals surface area contributed by atoms with Crippen LogP contribution in [0, 0.1) is 6.92 Å². The molecule has 0 saturated heterocycles. The Morgan fingerprint density at radius 2 is 1.83 bits per heavy atom. The molecular formula is C17H19ClN2O3S. The molecule has 0 aliphatic carbocycles. The van der Waals surface area contributed by atoms with E-state index in [1.165, 1.54) is 0 Å². The van der Waals surface area contributed by atoms with Crippen molar-refractivity contribution >= 4 is 33.2 Å². The summed E-state index contributed by atoms with van der Waals surface area (Å²) in [5.74, 6) is -0.281. The second kappa shape index (κ2) is 7.79. The van der Waals surface area contributed by atoms with E-state index in [-0.39, 0.29) is 12.3 Å². The molecule has 24 heavy (non-hydrogen) atoms. The zero-order valence-electron chi connectivity index (χ0n) is 13.4. The second-order valence-corrected chi connectivity index (χ2v) is 7.83. The summed E-state index contributed by atoms with van der Waals surface area (Å²) in [6.45, 7) is 1.93. The summed E-state index contributed by atoms with van der Waals surface area (Å²) < 4.78 is 25.7. The number of nitrogens with one attached hydrogen (secondary N) is 2. The van der Waals surface area contributed by atoms with Crippen LogP contribution in [-0.4, -0.2) is 20.6 Å². The lowest BCUT2D eigenvalue weighted by Crippen LogP contribution is -2.30. The molecule has 0 unspecified atom stereocenters. The van der Waals surface area contributed by atoms with Crippen molar-refractivity contribution in [3.8, 4) is 0 Å². The molecule has 0 radical (unpaired) electrons. The molecule has 1 amide bonds. The summed E-state index contributed by atoms with van der Waals surface area (Å²) in [7, 11) is -3.47. The normalized spacial score (nSPS) is 12.6. The number of halogens is 1. The maximum atomic E-state index is 12.3. The van der Waals surface area contributed by atoms with Crippen LogP contribution >= 0.6 is 11.6 Å². The average molecular weight is 367 g/mol. The highest BCUT2D eigenvalue weighted by molar-refractivity contribution is 7.88. The number of rotatable bonds is 6. The fraction of sp³-hybridized carbons (Fsp3) is 0.235. The molecule has 5 nitrogen and oxygen atoms in total. The van der Waals surface area contributed by atoms with Crippen LogP contribution in [-0.2, 0) is 14.8 Å². The molecule has 0 bridgehead atoms. The zero-order chi connectivity index (χ0) is 17.7. The van der Waals surface area contributed by atoms with E-state index < -0.39 is 16.1 Å². The second-order valence-electron chi connectivity index (χ2n) is 5.62. The fourth-order valence-electron chi connectivity index (χ4n) is 2.30. The summed E-state index contributed by atoms with van der Waals surface area (Å²) in [4.78, 5) is 12.3. The largest absolute Gasteiger partial charge is 0.326 e. The molecule has 0 spiro atoms. The molecular weight excluding hydrogens is 348 g/mol. The first-order valence-corrected chi connectivity index (χ1v) is 9.59. The van der Waals surface area contributed by atoms with Gasteiger partial charge in [0, 0.05) is 17.1 Å². The molecule has 2 N–H and O–H groups in total. The van der Waals surface area contributed by atoms with Crippen molar-refractivity contribution in [1.29, 1.82) is 0 Å². The third-order valence-corrected chi connectivity index (χ3v) is 4.28. The van der Waals surface area contributed by atoms with Gasteiger partial charge < -0.3 is 5.32 Å². The van der Waals surface area contributed by atoms with Crippen LogP contribution in [0.5, 0.6) is 0 Å². The Morgan fingerprint density at radius 3 is 2.42 bits per heavy atom. The van der Waals surface area contributed by atoms with Crippen LogP contribution in [0.2, 0.25) is 5.02 Å². The molecule has 1 atom stereocenters. The Hall–Kier alpha value is -1.89. The van der Waals surface area contributed by atoms with Crippen LogP contribution in [0.4, 0.5) is 5.69 Å². The monoisotopic (exact) mass is 366 g/mol. The minimum Gasteiger partial charge on any atom is -0.326 e. The molecule has 0 saturated carbocycles. The summed E-state index contributed by atoms with van der Waals surface area (Å²) in [5.41, 5.74) is 2.37. The molecule has 0 aliphatic heterocycles. The number of aryl methyl sites for hydroxylation is 1. The lowest BCUT2D eigenvalue weighted by Gasteiger charge is -2.18. The number of sulfonamides is 1. The van der Waals surface area contributed by atoms with Crippen molar-refractivity contribution in [2.24, 2.45) is 0 Å². The topological polar surface area (TPSA) is 75.3 Å². The Morgan fingerprint density at radius 1 is 1.17 bits per heavy atom. The highest BCUT2D eigenvalue weighted by Crippen LogP contribution is 2.21. The lowest BCUT2D eigenvalue weighted by atomic mass is 10.0. The molecule has 0 aliphatic rings. The average Bonchev–Trinajstić information content (AvgIpc) is 2.45. The molecule has 0 fully saturated rings. The molecule has 128 valence electrons. The Bertz CT molecular complexity index is 820. The van der Waals surface area contributed by atoms with Gasteiger partial charge in [0.1, 0.15) is 0 Å². The van der Waals surface area contributed by atoms with Gasteiger partial charge in [-0.15, -0.1) is 0 Å². The van der Waals surface area contributed by atoms with E-state index in [1.54, 1.807) is 30.3 Å². The van der Waals surface area contributed by atoms with Crippen LogP contribution in [0.3, 0.4) is 0 Å². The third kappa shape index (κ3) is 5.96. The Kier molecular flexibility index (Phi) is 5.99. The summed E-state index contributed by atoms with van der Waals surface area (Å²) in [6, 6.07) is 13.5. The SMILES string of the molecule is Cc1cccc(NC(=O)C[C@H](NS(C)(=O)=O)c2ccc(Cl)cc2)c1. The summed E-state index contributed by atoms with van der Waals surface area (Å²) >= 11 is 5.86. The Balaban J connectivity index is 2.15. The molecule has 2 aromatic carbocycles. The van der Waals surface area contributed by atoms with Crippen molar-refractivity contribution in [2.45, 2.75) is 19.4 Å². The van der Waals surface area contributed by atoms with Gasteiger partial charge in [0.05, 0.1) is 12.3 Å². The van der Waals surface area contributed by atoms with Gasteiger partial charge in [0.2, 0.25) is 15.9 Å². The van der Waals surface area contributed by atoms with Crippen molar-refractivity contribution < 1.29 is 13.2 Å². The van der Waals surface area contributed by atoms with Crippen molar-refractivity contribution in [1.82, 2.24) is 4.72 Å². The predicted molar refractivity (Wildman–Crippen MR) is 96.6 cm³/mol. The number of hydrogen-bond acceptors (Lipinski definition) is 3. The first-order chi connectivity index (χ1) is 11.2. The van der Waals surface area contributed by atoms with Crippen molar-refractivity contribution in [3.05, 3.63) is 64.7 Å². The smallest absolute Gasteiger partial charge is 0.226 e. The van der Waals surface area contributed by atoms with Gasteiger partial charge in [-0.1, -0.05) is 35.9 Å². The number of hydrogen-bond donors (Lipinski definition) is 2. The van der Waals surface area contributed by atoms with Gasteiger partial charge in [0.15, 0.2) is 0 Å². The number of amides is 1. The van der Waals surface area contributed by atoms with Gasteiger partial charge in [-0.3, -0.25) is 4.79 Å². The van der Waals surface area contributed by atoms with Gasteiger partial charge in [-0.05, 0) is 42.3 Å². The minimum absolute atomic E-state index is 0.0252. The minimum atomic E-state index is -3.47. The van der Waals surface area contributed by atoms with Crippen molar-refractivity contribution in [2.75, 3.05) is 11.6 Å². The number of anilines is 1. The molecule has 2 rings (SSSR count). The predicted octanol–water partition coefficient (Wildman–Crippen LogP) is 3.27. The van der Waals surface area contributed by atoms with Gasteiger partial charge >= 0.3 is 0 Å². The first-order valence-electron chi connectivity index (χ1n) is 7.32. The van der Waals surface area contributed by atoms with E-state index in [1.807, 2.05) is 25.1 Å². The quantitative estimate of drug-likeness (QED) is 0.823. The van der Waals surface area contributed by atoms with Crippen LogP contribution in [0.15, 0.2) is 48.5 Å². The van der Waals surface area contributed by atoms with E-state index in [0.717, 1.165) is 11.8 Å². The van der Waals surface area contributed by atoms with Crippen molar-refractivity contribution in [3.63, 3.8) is 0 Å². The summed E-state index contributed by atoms with van der Waals surface area (Å²) in [6.07, 6.45) is 1.04. The summed E-state index contributed by atoms with van der Waals surface area (Å²) in [5, 5.41) is 3.32. The zero-order valence-corrected chi connectivity index (χ0v) is 15.0. The van der Waals surface area contributed by atoms with Gasteiger partial charge in [0.25, 0.3) is 0 Å². The van der Waals surface area contributed by atoms with E-state index in [0.29, 0.717) is 16.3 Å². The number of benzene rings is 2. The number of carbonyl (C=O) groups is 1. The van der Waals surface area contributed by atoms with E-state index in [9.17, 15) is 13.2 Å². The van der Waals surface area contributed by atoms with Crippen LogP contribution < -0.4 is 10.0 Å². The van der Waals surface area contributed by atoms with Crippen LogP contribution in [0.1, 0.15) is 23.6 Å². The highest BCUT2D eigenvalue weighted by atomic mass is 35.5. The maximum absolute atomic E-state index is 12.3. The maximum Gasteiger partial charge on any atom is 0.226 e. The Labute approximate surface area is 147 Å². The first kappa shape index (κ1) is 18.4. The molecule has 0 heterocycles.